The average Bonchev–Trinajstić information content (AvgIpc) is 2.80. The molecule has 0 spiro atoms. The summed E-state index contributed by atoms with van der Waals surface area (Å²) in [6, 6.07) is 0.735. The molecule has 1 unspecified atom stereocenters. The van der Waals surface area contributed by atoms with Gasteiger partial charge in [0.2, 0.25) is 0 Å². The highest BCUT2D eigenvalue weighted by atomic mass is 28.4. The van der Waals surface area contributed by atoms with E-state index in [9.17, 15) is 5.11 Å². The Kier molecular flexibility index (Phi) is 19.8. The number of β-amino-alcohol motifs (C(OH)–C–C–N with tert-alkyl or cyclic N) is 1. The average molecular weight is 493 g/mol. The van der Waals surface area contributed by atoms with Crippen molar-refractivity contribution in [1.29, 1.82) is 0 Å². The Morgan fingerprint density at radius 3 is 1.91 bits per heavy atom. The lowest BCUT2D eigenvalue weighted by molar-refractivity contribution is 0.0145. The van der Waals surface area contributed by atoms with Crippen molar-refractivity contribution in [2.24, 2.45) is 0 Å². The van der Waals surface area contributed by atoms with Crippen molar-refractivity contribution in [3.63, 3.8) is 0 Å². The fourth-order valence-electron chi connectivity index (χ4n) is 3.97. The lowest BCUT2D eigenvalue weighted by atomic mass is 10.3. The fourth-order valence-corrected chi connectivity index (χ4v) is 6.55. The minimum absolute atomic E-state index is 0.348. The second-order valence-corrected chi connectivity index (χ2v) is 11.2. The van der Waals surface area contributed by atoms with Crippen LogP contribution in [0.4, 0.5) is 0 Å². The van der Waals surface area contributed by atoms with Gasteiger partial charge < -0.3 is 39.1 Å². The Balaban J connectivity index is 2.32. The molecule has 0 aromatic rings. The van der Waals surface area contributed by atoms with Crippen LogP contribution in [0.25, 0.3) is 0 Å². The molecule has 33 heavy (non-hydrogen) atoms. The molecule has 1 saturated heterocycles. The Labute approximate surface area is 203 Å². The minimum Gasteiger partial charge on any atom is -0.389 e. The van der Waals surface area contributed by atoms with Gasteiger partial charge >= 0.3 is 8.80 Å². The highest BCUT2D eigenvalue weighted by Gasteiger charge is 2.39. The number of nitrogens with one attached hydrogen (secondary N) is 3. The first kappa shape index (κ1) is 30.9. The molecule has 1 aliphatic rings. The van der Waals surface area contributed by atoms with Gasteiger partial charge in [0, 0.05) is 52.1 Å². The fraction of sp³-hybridized carbons (Fsp3) is 1.00. The summed E-state index contributed by atoms with van der Waals surface area (Å²) >= 11 is 0. The van der Waals surface area contributed by atoms with Gasteiger partial charge in [-0.15, -0.1) is 0 Å². The molecule has 0 radical (unpaired) electrons. The van der Waals surface area contributed by atoms with E-state index in [0.717, 1.165) is 84.1 Å². The zero-order valence-corrected chi connectivity index (χ0v) is 22.5. The van der Waals surface area contributed by atoms with Crippen LogP contribution < -0.4 is 16.0 Å². The molecule has 0 amide bonds. The minimum atomic E-state index is -2.61. The van der Waals surface area contributed by atoms with Crippen molar-refractivity contribution in [3.05, 3.63) is 0 Å². The number of aliphatic hydroxyl groups excluding tert-OH is 1. The topological polar surface area (TPSA) is 96.5 Å². The maximum atomic E-state index is 10.5. The molecule has 9 nitrogen and oxygen atoms in total. The van der Waals surface area contributed by atoms with Crippen molar-refractivity contribution in [3.8, 4) is 0 Å². The molecule has 1 aliphatic heterocycles. The highest BCUT2D eigenvalue weighted by molar-refractivity contribution is 6.60. The summed E-state index contributed by atoms with van der Waals surface area (Å²) in [5.74, 6) is 0. The molecule has 1 rings (SSSR count). The molecule has 0 saturated carbocycles. The summed E-state index contributed by atoms with van der Waals surface area (Å²) in [6.07, 6.45) is 3.70. The largest absolute Gasteiger partial charge is 0.501 e. The molecule has 1 heterocycles. The van der Waals surface area contributed by atoms with Crippen LogP contribution in [0.2, 0.25) is 6.04 Å². The van der Waals surface area contributed by atoms with Gasteiger partial charge in [-0.25, -0.2) is 0 Å². The predicted molar refractivity (Wildman–Crippen MR) is 136 cm³/mol. The smallest absolute Gasteiger partial charge is 0.389 e. The van der Waals surface area contributed by atoms with Crippen LogP contribution in [0.1, 0.15) is 46.5 Å². The molecule has 198 valence electrons. The number of ether oxygens (including phenoxy) is 1. The molecule has 1 atom stereocenters. The molecule has 0 aromatic carbocycles. The van der Waals surface area contributed by atoms with E-state index in [1.165, 1.54) is 0 Å². The van der Waals surface area contributed by atoms with Gasteiger partial charge in [0.15, 0.2) is 0 Å². The third-order valence-corrected chi connectivity index (χ3v) is 8.64. The van der Waals surface area contributed by atoms with Crippen LogP contribution in [0.5, 0.6) is 0 Å². The lowest BCUT2D eigenvalue weighted by Gasteiger charge is -2.28. The third-order valence-electron chi connectivity index (χ3n) is 5.49. The molecule has 1 fully saturated rings. The first-order valence-electron chi connectivity index (χ1n) is 13.2. The maximum absolute atomic E-state index is 10.5. The van der Waals surface area contributed by atoms with E-state index in [2.05, 4.69) is 20.9 Å². The normalized spacial score (nSPS) is 19.6. The summed E-state index contributed by atoms with van der Waals surface area (Å²) in [4.78, 5) is 2.35. The summed E-state index contributed by atoms with van der Waals surface area (Å²) in [6.45, 7) is 17.3. The van der Waals surface area contributed by atoms with E-state index in [-0.39, 0.29) is 0 Å². The molecule has 4 N–H and O–H groups in total. The Hall–Kier alpha value is -0.143. The van der Waals surface area contributed by atoms with Gasteiger partial charge in [-0.1, -0.05) is 0 Å². The van der Waals surface area contributed by atoms with Crippen molar-refractivity contribution in [2.45, 2.75) is 58.6 Å². The number of aliphatic hydroxyl groups is 1. The van der Waals surface area contributed by atoms with E-state index in [1.54, 1.807) is 0 Å². The zero-order valence-electron chi connectivity index (χ0n) is 21.5. The van der Waals surface area contributed by atoms with Crippen LogP contribution in [0.3, 0.4) is 0 Å². The molecule has 0 bridgehead atoms. The van der Waals surface area contributed by atoms with Crippen LogP contribution in [-0.2, 0) is 18.0 Å². The number of nitrogens with zero attached hydrogens (tertiary/aromatic N) is 1. The van der Waals surface area contributed by atoms with Crippen LogP contribution >= 0.6 is 0 Å². The van der Waals surface area contributed by atoms with E-state index < -0.39 is 14.9 Å². The standard InChI is InChI=1S/C23H52N4O5Si/c1-4-30-33(31-5-2,32-6-3)20-10-19-29-22-23(28)21-27-17-9-15-25-13-7-11-24-12-8-14-26-16-18-27/h23-26,28H,4-22H2,1-3H3. The highest BCUT2D eigenvalue weighted by Crippen LogP contribution is 2.18. The van der Waals surface area contributed by atoms with Crippen molar-refractivity contribution >= 4 is 8.80 Å². The molecular formula is C23H52N4O5Si. The molecule has 0 aromatic heterocycles. The Morgan fingerprint density at radius 2 is 1.33 bits per heavy atom. The third kappa shape index (κ3) is 16.2. The number of hydrogen-bond acceptors (Lipinski definition) is 9. The maximum Gasteiger partial charge on any atom is 0.501 e. The van der Waals surface area contributed by atoms with Crippen LogP contribution in [0, 0.1) is 0 Å². The van der Waals surface area contributed by atoms with Crippen molar-refractivity contribution < 1.29 is 23.1 Å². The first-order chi connectivity index (χ1) is 16.2. The Bertz CT molecular complexity index is 407. The Morgan fingerprint density at radius 1 is 0.788 bits per heavy atom. The van der Waals surface area contributed by atoms with Gasteiger partial charge in [0.05, 0.1) is 12.7 Å². The van der Waals surface area contributed by atoms with Gasteiger partial charge in [0.1, 0.15) is 0 Å². The van der Waals surface area contributed by atoms with E-state index in [1.807, 2.05) is 20.8 Å². The quantitative estimate of drug-likeness (QED) is 0.210. The summed E-state index contributed by atoms with van der Waals surface area (Å²) in [5.41, 5.74) is 0. The van der Waals surface area contributed by atoms with Gasteiger partial charge in [-0.05, 0) is 85.7 Å². The number of rotatable bonds is 14. The van der Waals surface area contributed by atoms with Crippen LogP contribution in [-0.4, -0.2) is 117 Å². The summed E-state index contributed by atoms with van der Waals surface area (Å²) in [7, 11) is -2.61. The SMILES string of the molecule is CCO[Si](CCCOCC(O)CN1CCCNCCCNCCCNCC1)(OCC)OCC. The molecule has 10 heteroatoms. The monoisotopic (exact) mass is 492 g/mol. The van der Waals surface area contributed by atoms with E-state index >= 15 is 0 Å². The lowest BCUT2D eigenvalue weighted by Crippen LogP contribution is -2.46. The predicted octanol–water partition coefficient (Wildman–Crippen LogP) is 1.06. The second-order valence-electron chi connectivity index (χ2n) is 8.43. The van der Waals surface area contributed by atoms with Gasteiger partial charge in [-0.3, -0.25) is 4.90 Å². The molecule has 0 aliphatic carbocycles. The second kappa shape index (κ2) is 21.2. The molecular weight excluding hydrogens is 440 g/mol. The van der Waals surface area contributed by atoms with Crippen molar-refractivity contribution in [2.75, 3.05) is 91.9 Å². The number of hydrogen-bond donors (Lipinski definition) is 4. The zero-order chi connectivity index (χ0) is 24.0. The first-order valence-corrected chi connectivity index (χ1v) is 15.1. The van der Waals surface area contributed by atoms with Crippen LogP contribution in [0.15, 0.2) is 0 Å². The summed E-state index contributed by atoms with van der Waals surface area (Å²) < 4.78 is 23.5. The van der Waals surface area contributed by atoms with Crippen molar-refractivity contribution in [1.82, 2.24) is 20.9 Å². The van der Waals surface area contributed by atoms with Gasteiger partial charge in [-0.2, -0.15) is 0 Å². The summed E-state index contributed by atoms with van der Waals surface area (Å²) in [5, 5.41) is 21.1. The van der Waals surface area contributed by atoms with Gasteiger partial charge in [0.25, 0.3) is 0 Å². The van der Waals surface area contributed by atoms with E-state index in [0.29, 0.717) is 39.6 Å². The van der Waals surface area contributed by atoms with E-state index in [4.69, 9.17) is 18.0 Å².